The van der Waals surface area contributed by atoms with Crippen LogP contribution in [0, 0.1) is 5.92 Å². The minimum absolute atomic E-state index is 0.119. The van der Waals surface area contributed by atoms with E-state index < -0.39 is 6.43 Å². The minimum atomic E-state index is -2.46. The SMILES string of the molecule is CC(C)CCc1ccnc(C(F)F)c1. The Morgan fingerprint density at radius 1 is 1.36 bits per heavy atom. The van der Waals surface area contributed by atoms with Crippen LogP contribution in [-0.2, 0) is 6.42 Å². The van der Waals surface area contributed by atoms with Crippen molar-refractivity contribution in [1.82, 2.24) is 4.98 Å². The molecular formula is C11H15F2N. The van der Waals surface area contributed by atoms with Crippen LogP contribution in [0.3, 0.4) is 0 Å². The fourth-order valence-corrected chi connectivity index (χ4v) is 1.22. The van der Waals surface area contributed by atoms with E-state index in [1.54, 1.807) is 6.07 Å². The van der Waals surface area contributed by atoms with Gasteiger partial charge >= 0.3 is 0 Å². The summed E-state index contributed by atoms with van der Waals surface area (Å²) >= 11 is 0. The number of rotatable bonds is 4. The van der Waals surface area contributed by atoms with Crippen LogP contribution in [0.15, 0.2) is 18.3 Å². The minimum Gasteiger partial charge on any atom is -0.255 e. The summed E-state index contributed by atoms with van der Waals surface area (Å²) in [5, 5.41) is 0. The van der Waals surface area contributed by atoms with E-state index in [0.717, 1.165) is 18.4 Å². The molecule has 0 saturated carbocycles. The van der Waals surface area contributed by atoms with Gasteiger partial charge in [0.15, 0.2) is 0 Å². The first-order chi connectivity index (χ1) is 6.59. The number of alkyl halides is 2. The second-order valence-corrected chi connectivity index (χ2v) is 3.82. The molecule has 78 valence electrons. The topological polar surface area (TPSA) is 12.9 Å². The number of aromatic nitrogens is 1. The monoisotopic (exact) mass is 199 g/mol. The molecule has 3 heteroatoms. The van der Waals surface area contributed by atoms with E-state index in [9.17, 15) is 8.78 Å². The van der Waals surface area contributed by atoms with Gasteiger partial charge in [0.05, 0.1) is 0 Å². The average Bonchev–Trinajstić information content (AvgIpc) is 2.15. The van der Waals surface area contributed by atoms with E-state index in [4.69, 9.17) is 0 Å². The molecule has 0 bridgehead atoms. The molecule has 1 nitrogen and oxygen atoms in total. The lowest BCUT2D eigenvalue weighted by atomic mass is 10.0. The Kier molecular flexibility index (Phi) is 3.98. The summed E-state index contributed by atoms with van der Waals surface area (Å²) in [6, 6.07) is 3.29. The predicted octanol–water partition coefficient (Wildman–Crippen LogP) is 3.61. The predicted molar refractivity (Wildman–Crippen MR) is 52.4 cm³/mol. The molecule has 1 rings (SSSR count). The Labute approximate surface area is 83.2 Å². The molecule has 0 spiro atoms. The van der Waals surface area contributed by atoms with E-state index in [0.29, 0.717) is 5.92 Å². The zero-order valence-electron chi connectivity index (χ0n) is 8.50. The van der Waals surface area contributed by atoms with Crippen molar-refractivity contribution in [1.29, 1.82) is 0 Å². The van der Waals surface area contributed by atoms with Gasteiger partial charge in [0, 0.05) is 6.20 Å². The largest absolute Gasteiger partial charge is 0.280 e. The molecule has 0 N–H and O–H groups in total. The highest BCUT2D eigenvalue weighted by atomic mass is 19.3. The van der Waals surface area contributed by atoms with Crippen molar-refractivity contribution in [3.63, 3.8) is 0 Å². The summed E-state index contributed by atoms with van der Waals surface area (Å²) in [5.74, 6) is 0.596. The summed E-state index contributed by atoms with van der Waals surface area (Å²) in [7, 11) is 0. The molecule has 0 atom stereocenters. The molecule has 0 saturated heterocycles. The maximum absolute atomic E-state index is 12.3. The van der Waals surface area contributed by atoms with Crippen molar-refractivity contribution in [2.75, 3.05) is 0 Å². The normalized spacial score (nSPS) is 11.3. The Hall–Kier alpha value is -0.990. The van der Waals surface area contributed by atoms with Crippen molar-refractivity contribution in [3.8, 4) is 0 Å². The molecule has 1 aromatic rings. The molecule has 0 amide bonds. The molecular weight excluding hydrogens is 184 g/mol. The van der Waals surface area contributed by atoms with Crippen molar-refractivity contribution in [2.24, 2.45) is 5.92 Å². The highest BCUT2D eigenvalue weighted by molar-refractivity contribution is 5.17. The fraction of sp³-hybridized carbons (Fsp3) is 0.545. The highest BCUT2D eigenvalue weighted by Crippen LogP contribution is 2.18. The van der Waals surface area contributed by atoms with Gasteiger partial charge in [-0.05, 0) is 36.5 Å². The van der Waals surface area contributed by atoms with Crippen molar-refractivity contribution >= 4 is 0 Å². The van der Waals surface area contributed by atoms with Crippen LogP contribution in [-0.4, -0.2) is 4.98 Å². The molecule has 0 aliphatic heterocycles. The first-order valence-corrected chi connectivity index (χ1v) is 4.82. The molecule has 0 radical (unpaired) electrons. The van der Waals surface area contributed by atoms with Gasteiger partial charge in [-0.3, -0.25) is 4.98 Å². The lowest BCUT2D eigenvalue weighted by molar-refractivity contribution is 0.146. The third kappa shape index (κ3) is 3.40. The van der Waals surface area contributed by atoms with Crippen LogP contribution in [0.25, 0.3) is 0 Å². The molecule has 0 aliphatic carbocycles. The fourth-order valence-electron chi connectivity index (χ4n) is 1.22. The van der Waals surface area contributed by atoms with Crippen LogP contribution in [0.1, 0.15) is 38.0 Å². The number of hydrogen-bond acceptors (Lipinski definition) is 1. The first-order valence-electron chi connectivity index (χ1n) is 4.82. The Bertz CT molecular complexity index is 284. The number of pyridine rings is 1. The summed E-state index contributed by atoms with van der Waals surface area (Å²) < 4.78 is 24.6. The molecule has 0 aromatic carbocycles. The second-order valence-electron chi connectivity index (χ2n) is 3.82. The lowest BCUT2D eigenvalue weighted by Crippen LogP contribution is -1.95. The van der Waals surface area contributed by atoms with Gasteiger partial charge in [0.25, 0.3) is 6.43 Å². The van der Waals surface area contributed by atoms with Crippen LogP contribution in [0.5, 0.6) is 0 Å². The first kappa shape index (κ1) is 11.1. The van der Waals surface area contributed by atoms with Gasteiger partial charge in [-0.1, -0.05) is 13.8 Å². The van der Waals surface area contributed by atoms with Gasteiger partial charge in [0.2, 0.25) is 0 Å². The van der Waals surface area contributed by atoms with E-state index >= 15 is 0 Å². The van der Waals surface area contributed by atoms with Crippen LogP contribution in [0.4, 0.5) is 8.78 Å². The Balaban J connectivity index is 2.64. The number of aryl methyl sites for hydroxylation is 1. The zero-order valence-corrected chi connectivity index (χ0v) is 8.50. The maximum Gasteiger partial charge on any atom is 0.280 e. The Morgan fingerprint density at radius 2 is 2.07 bits per heavy atom. The van der Waals surface area contributed by atoms with Crippen LogP contribution < -0.4 is 0 Å². The number of hydrogen-bond donors (Lipinski definition) is 0. The Morgan fingerprint density at radius 3 is 2.64 bits per heavy atom. The average molecular weight is 199 g/mol. The van der Waals surface area contributed by atoms with Gasteiger partial charge in [0.1, 0.15) is 5.69 Å². The van der Waals surface area contributed by atoms with E-state index in [1.165, 1.54) is 12.3 Å². The van der Waals surface area contributed by atoms with E-state index in [-0.39, 0.29) is 5.69 Å². The van der Waals surface area contributed by atoms with E-state index in [2.05, 4.69) is 18.8 Å². The van der Waals surface area contributed by atoms with Gasteiger partial charge in [-0.25, -0.2) is 8.78 Å². The third-order valence-electron chi connectivity index (χ3n) is 2.08. The van der Waals surface area contributed by atoms with Gasteiger partial charge in [-0.2, -0.15) is 0 Å². The molecule has 14 heavy (non-hydrogen) atoms. The summed E-state index contributed by atoms with van der Waals surface area (Å²) in [6.07, 6.45) is 0.859. The van der Waals surface area contributed by atoms with Crippen LogP contribution in [0.2, 0.25) is 0 Å². The quantitative estimate of drug-likeness (QED) is 0.721. The van der Waals surface area contributed by atoms with Crippen LogP contribution >= 0.6 is 0 Å². The standard InChI is InChI=1S/C11H15F2N/c1-8(2)3-4-9-5-6-14-10(7-9)11(12)13/h5-8,11H,3-4H2,1-2H3. The maximum atomic E-state index is 12.3. The van der Waals surface area contributed by atoms with Crippen molar-refractivity contribution < 1.29 is 8.78 Å². The van der Waals surface area contributed by atoms with Gasteiger partial charge < -0.3 is 0 Å². The second kappa shape index (κ2) is 5.03. The molecule has 0 fully saturated rings. The third-order valence-corrected chi connectivity index (χ3v) is 2.08. The lowest BCUT2D eigenvalue weighted by Gasteiger charge is -2.05. The van der Waals surface area contributed by atoms with Crippen molar-refractivity contribution in [2.45, 2.75) is 33.1 Å². The summed E-state index contributed by atoms with van der Waals surface area (Å²) in [4.78, 5) is 3.62. The summed E-state index contributed by atoms with van der Waals surface area (Å²) in [5.41, 5.74) is 0.829. The molecule has 1 heterocycles. The highest BCUT2D eigenvalue weighted by Gasteiger charge is 2.08. The molecule has 1 aromatic heterocycles. The van der Waals surface area contributed by atoms with Gasteiger partial charge in [-0.15, -0.1) is 0 Å². The van der Waals surface area contributed by atoms with E-state index in [1.807, 2.05) is 0 Å². The van der Waals surface area contributed by atoms with Crippen molar-refractivity contribution in [3.05, 3.63) is 29.6 Å². The number of halogens is 2. The zero-order chi connectivity index (χ0) is 10.6. The summed E-state index contributed by atoms with van der Waals surface area (Å²) in [6.45, 7) is 4.24. The smallest absolute Gasteiger partial charge is 0.255 e. The molecule has 0 unspecified atom stereocenters. The molecule has 0 aliphatic rings. The number of nitrogens with zero attached hydrogens (tertiary/aromatic N) is 1.